The number of carbonyl (C=O) groups is 1. The van der Waals surface area contributed by atoms with Crippen molar-refractivity contribution in [3.8, 4) is 17.8 Å². The van der Waals surface area contributed by atoms with Crippen LogP contribution in [-0.4, -0.2) is 18.2 Å². The molecule has 0 aliphatic carbocycles. The van der Waals surface area contributed by atoms with E-state index in [9.17, 15) is 9.90 Å². The van der Waals surface area contributed by atoms with Gasteiger partial charge in [-0.3, -0.25) is 0 Å². The molecule has 1 N–H and O–H groups in total. The Hall–Kier alpha value is -2.77. The molecule has 0 amide bonds. The van der Waals surface area contributed by atoms with Crippen LogP contribution in [0.25, 0.3) is 0 Å². The van der Waals surface area contributed by atoms with Crippen molar-refractivity contribution in [2.45, 2.75) is 32.3 Å². The summed E-state index contributed by atoms with van der Waals surface area (Å²) in [5.74, 6) is 2.74. The molecule has 0 heterocycles. The first-order valence-electron chi connectivity index (χ1n) is 7.96. The van der Waals surface area contributed by atoms with Gasteiger partial charge in [0.25, 0.3) is 0 Å². The Bertz CT molecular complexity index is 792. The molecule has 0 aromatic heterocycles. The first-order chi connectivity index (χ1) is 11.8. The molecule has 25 heavy (non-hydrogen) atoms. The van der Waals surface area contributed by atoms with Crippen LogP contribution in [0.4, 0.5) is 0 Å². The average Bonchev–Trinajstić information content (AvgIpc) is 2.61. The highest BCUT2D eigenvalue weighted by atomic mass is 16.5. The number of hydrogen-bond acceptors (Lipinski definition) is 4. The number of aliphatic hydroxyl groups is 1. The Kier molecular flexibility index (Phi) is 5.84. The number of hydrogen-bond donors (Lipinski definition) is 1. The first-order valence-corrected chi connectivity index (χ1v) is 7.96. The van der Waals surface area contributed by atoms with E-state index in [2.05, 4.69) is 32.8 Å². The summed E-state index contributed by atoms with van der Waals surface area (Å²) in [5.41, 5.74) is 1.85. The van der Waals surface area contributed by atoms with Crippen molar-refractivity contribution in [2.24, 2.45) is 0 Å². The molecule has 0 radical (unpaired) electrons. The zero-order valence-corrected chi connectivity index (χ0v) is 14.9. The molecule has 0 fully saturated rings. The van der Waals surface area contributed by atoms with Gasteiger partial charge in [0.2, 0.25) is 0 Å². The molecule has 4 heteroatoms. The van der Waals surface area contributed by atoms with Crippen LogP contribution in [0.1, 0.15) is 48.4 Å². The van der Waals surface area contributed by atoms with Crippen molar-refractivity contribution >= 4 is 5.97 Å². The Balaban J connectivity index is 2.14. The molecular weight excluding hydrogens is 316 g/mol. The monoisotopic (exact) mass is 338 g/mol. The molecule has 4 nitrogen and oxygen atoms in total. The number of aliphatic hydroxyl groups excluding tert-OH is 1. The molecule has 2 aromatic rings. The second-order valence-electron chi connectivity index (χ2n) is 6.61. The molecule has 1 unspecified atom stereocenters. The van der Waals surface area contributed by atoms with Crippen LogP contribution in [0.15, 0.2) is 48.5 Å². The quantitative estimate of drug-likeness (QED) is 0.682. The standard InChI is InChI=1S/C21H22O4/c1-21(2,3)17-14-16(10-11-19(17)24-4)18(22)12-13-25-20(23)15-8-6-5-7-9-15/h5-11,14,18,22H,1-4H3. The van der Waals surface area contributed by atoms with Crippen molar-refractivity contribution in [1.82, 2.24) is 0 Å². The van der Waals surface area contributed by atoms with E-state index >= 15 is 0 Å². The molecule has 130 valence electrons. The summed E-state index contributed by atoms with van der Waals surface area (Å²) in [4.78, 5) is 11.8. The number of benzene rings is 2. The molecule has 0 spiro atoms. The minimum Gasteiger partial charge on any atom is -0.496 e. The number of esters is 1. The van der Waals surface area contributed by atoms with Gasteiger partial charge in [0.1, 0.15) is 18.0 Å². The van der Waals surface area contributed by atoms with Crippen LogP contribution < -0.4 is 4.74 Å². The molecule has 0 aliphatic rings. The highest BCUT2D eigenvalue weighted by Gasteiger charge is 2.20. The third-order valence-corrected chi connectivity index (χ3v) is 3.70. The maximum absolute atomic E-state index is 11.8. The highest BCUT2D eigenvalue weighted by Crippen LogP contribution is 2.33. The molecule has 2 aromatic carbocycles. The fourth-order valence-corrected chi connectivity index (χ4v) is 2.33. The van der Waals surface area contributed by atoms with E-state index in [0.29, 0.717) is 11.1 Å². The second kappa shape index (κ2) is 7.87. The zero-order valence-electron chi connectivity index (χ0n) is 14.9. The summed E-state index contributed by atoms with van der Waals surface area (Å²) >= 11 is 0. The lowest BCUT2D eigenvalue weighted by molar-refractivity contribution is 0.0689. The second-order valence-corrected chi connectivity index (χ2v) is 6.61. The van der Waals surface area contributed by atoms with E-state index in [1.165, 1.54) is 0 Å². The van der Waals surface area contributed by atoms with Gasteiger partial charge in [-0.1, -0.05) is 45.0 Å². The number of ether oxygens (including phenoxy) is 2. The minimum absolute atomic E-state index is 0.145. The van der Waals surface area contributed by atoms with Crippen LogP contribution in [0.3, 0.4) is 0 Å². The lowest BCUT2D eigenvalue weighted by Crippen LogP contribution is -2.13. The van der Waals surface area contributed by atoms with E-state index in [0.717, 1.165) is 11.3 Å². The molecule has 0 saturated heterocycles. The fraction of sp³-hybridized carbons (Fsp3) is 0.286. The van der Waals surface area contributed by atoms with Gasteiger partial charge < -0.3 is 14.6 Å². The van der Waals surface area contributed by atoms with E-state index in [1.54, 1.807) is 43.5 Å². The van der Waals surface area contributed by atoms with Crippen LogP contribution in [0.5, 0.6) is 5.75 Å². The summed E-state index contributed by atoms with van der Waals surface area (Å²) < 4.78 is 10.3. The van der Waals surface area contributed by atoms with Gasteiger partial charge in [-0.2, -0.15) is 0 Å². The smallest absolute Gasteiger partial charge is 0.352 e. The zero-order chi connectivity index (χ0) is 18.4. The number of carbonyl (C=O) groups excluding carboxylic acids is 1. The summed E-state index contributed by atoms with van der Waals surface area (Å²) in [5, 5.41) is 10.3. The van der Waals surface area contributed by atoms with Crippen LogP contribution in [0.2, 0.25) is 0 Å². The molecule has 1 atom stereocenters. The van der Waals surface area contributed by atoms with Gasteiger partial charge >= 0.3 is 5.97 Å². The maximum Gasteiger partial charge on any atom is 0.352 e. The van der Waals surface area contributed by atoms with E-state index < -0.39 is 12.1 Å². The highest BCUT2D eigenvalue weighted by molar-refractivity contribution is 5.89. The van der Waals surface area contributed by atoms with E-state index in [1.807, 2.05) is 12.1 Å². The third kappa shape index (κ3) is 4.85. The average molecular weight is 338 g/mol. The third-order valence-electron chi connectivity index (χ3n) is 3.70. The molecule has 0 saturated carbocycles. The van der Waals surface area contributed by atoms with Gasteiger partial charge in [-0.25, -0.2) is 4.79 Å². The summed E-state index contributed by atoms with van der Waals surface area (Å²) in [6.07, 6.45) is 1.23. The summed E-state index contributed by atoms with van der Waals surface area (Å²) in [6, 6.07) is 14.0. The number of methoxy groups -OCH3 is 1. The van der Waals surface area contributed by atoms with Crippen molar-refractivity contribution in [1.29, 1.82) is 0 Å². The number of rotatable bonds is 3. The molecule has 0 bridgehead atoms. The molecular formula is C21H22O4. The van der Waals surface area contributed by atoms with Gasteiger partial charge in [0, 0.05) is 0 Å². The fourth-order valence-electron chi connectivity index (χ4n) is 2.33. The largest absolute Gasteiger partial charge is 0.496 e. The summed E-state index contributed by atoms with van der Waals surface area (Å²) in [7, 11) is 1.61. The van der Waals surface area contributed by atoms with Gasteiger partial charge in [0.05, 0.1) is 12.7 Å². The topological polar surface area (TPSA) is 55.8 Å². The first kappa shape index (κ1) is 18.6. The molecule has 0 aliphatic heterocycles. The Labute approximate surface area is 148 Å². The SMILES string of the molecule is COc1ccc(C(O)C#COC(=O)c2ccccc2)cc1C(C)(C)C. The lowest BCUT2D eigenvalue weighted by atomic mass is 9.85. The lowest BCUT2D eigenvalue weighted by Gasteiger charge is -2.23. The van der Waals surface area contributed by atoms with Gasteiger partial charge in [0.15, 0.2) is 0 Å². The predicted octanol–water partition coefficient (Wildman–Crippen LogP) is 3.84. The van der Waals surface area contributed by atoms with Crippen molar-refractivity contribution < 1.29 is 19.4 Å². The Morgan fingerprint density at radius 2 is 1.80 bits per heavy atom. The van der Waals surface area contributed by atoms with Crippen LogP contribution in [-0.2, 0) is 10.2 Å². The maximum atomic E-state index is 11.8. The van der Waals surface area contributed by atoms with E-state index in [4.69, 9.17) is 9.47 Å². The van der Waals surface area contributed by atoms with Crippen LogP contribution in [0, 0.1) is 12.0 Å². The van der Waals surface area contributed by atoms with Gasteiger partial charge in [-0.15, -0.1) is 0 Å². The summed E-state index contributed by atoms with van der Waals surface area (Å²) in [6.45, 7) is 6.19. The normalized spacial score (nSPS) is 11.9. The Morgan fingerprint density at radius 1 is 1.12 bits per heavy atom. The minimum atomic E-state index is -1.06. The van der Waals surface area contributed by atoms with Crippen LogP contribution >= 0.6 is 0 Å². The molecule has 2 rings (SSSR count). The van der Waals surface area contributed by atoms with Crippen molar-refractivity contribution in [2.75, 3.05) is 7.11 Å². The van der Waals surface area contributed by atoms with Gasteiger partial charge in [-0.05, 0) is 46.7 Å². The predicted molar refractivity (Wildman–Crippen MR) is 96.3 cm³/mol. The Morgan fingerprint density at radius 3 is 2.40 bits per heavy atom. The van der Waals surface area contributed by atoms with Crippen molar-refractivity contribution in [3.05, 3.63) is 65.2 Å². The van der Waals surface area contributed by atoms with Crippen molar-refractivity contribution in [3.63, 3.8) is 0 Å². The van der Waals surface area contributed by atoms with E-state index in [-0.39, 0.29) is 5.41 Å².